The van der Waals surface area contributed by atoms with Gasteiger partial charge in [-0.1, -0.05) is 30.3 Å². The minimum atomic E-state index is -1.56. The first-order valence-corrected chi connectivity index (χ1v) is 8.10. The molecule has 1 rings (SSSR count). The van der Waals surface area contributed by atoms with Gasteiger partial charge in [-0.15, -0.1) is 0 Å². The Balaban J connectivity index is 2.71. The minimum Gasteiger partial charge on any atom is -0.460 e. The molecule has 0 aliphatic heterocycles. The average molecular weight is 366 g/mol. The van der Waals surface area contributed by atoms with E-state index in [9.17, 15) is 14.4 Å². The van der Waals surface area contributed by atoms with Crippen LogP contribution in [0.3, 0.4) is 0 Å². The number of hydrogen-bond donors (Lipinski definition) is 2. The van der Waals surface area contributed by atoms with Gasteiger partial charge in [0.1, 0.15) is 17.6 Å². The molecule has 0 heterocycles. The van der Waals surface area contributed by atoms with Gasteiger partial charge < -0.3 is 25.7 Å². The van der Waals surface area contributed by atoms with Gasteiger partial charge in [-0.05, 0) is 33.3 Å². The number of nitrogens with two attached hydrogens (primary N) is 2. The van der Waals surface area contributed by atoms with E-state index >= 15 is 0 Å². The lowest BCUT2D eigenvalue weighted by atomic mass is 9.84. The molecule has 0 aliphatic rings. The Kier molecular flexibility index (Phi) is 7.29. The van der Waals surface area contributed by atoms with E-state index in [1.807, 2.05) is 6.07 Å². The molecule has 0 bridgehead atoms. The third-order valence-corrected chi connectivity index (χ3v) is 3.51. The third-order valence-electron chi connectivity index (χ3n) is 3.51. The first-order chi connectivity index (χ1) is 11.9. The molecule has 1 aromatic rings. The fourth-order valence-corrected chi connectivity index (χ4v) is 1.91. The van der Waals surface area contributed by atoms with Crippen LogP contribution >= 0.6 is 0 Å². The molecule has 1 unspecified atom stereocenters. The second kappa shape index (κ2) is 8.77. The van der Waals surface area contributed by atoms with E-state index in [0.29, 0.717) is 0 Å². The van der Waals surface area contributed by atoms with Crippen molar-refractivity contribution in [3.8, 4) is 0 Å². The van der Waals surface area contributed by atoms with Crippen molar-refractivity contribution < 1.29 is 28.6 Å². The van der Waals surface area contributed by atoms with E-state index in [1.54, 1.807) is 45.0 Å². The summed E-state index contributed by atoms with van der Waals surface area (Å²) in [4.78, 5) is 36.0. The van der Waals surface area contributed by atoms with Gasteiger partial charge in [0.05, 0.1) is 12.6 Å². The summed E-state index contributed by atoms with van der Waals surface area (Å²) >= 11 is 0. The van der Waals surface area contributed by atoms with Crippen LogP contribution in [-0.2, 0) is 30.4 Å². The average Bonchev–Trinajstić information content (AvgIpc) is 2.51. The number of carbonyl (C=O) groups excluding carboxylic acids is 3. The lowest BCUT2D eigenvalue weighted by Crippen LogP contribution is -2.53. The van der Waals surface area contributed by atoms with Gasteiger partial charge in [-0.25, -0.2) is 4.79 Å². The fraction of sp³-hybridized carbons (Fsp3) is 0.500. The molecule has 0 saturated heterocycles. The second-order valence-corrected chi connectivity index (χ2v) is 7.12. The van der Waals surface area contributed by atoms with E-state index in [1.165, 1.54) is 6.92 Å². The van der Waals surface area contributed by atoms with E-state index in [-0.39, 0.29) is 6.61 Å². The number of esters is 2. The Morgan fingerprint density at radius 1 is 1.04 bits per heavy atom. The molecule has 0 fully saturated rings. The maximum atomic E-state index is 12.4. The van der Waals surface area contributed by atoms with Gasteiger partial charge in [0.15, 0.2) is 0 Å². The summed E-state index contributed by atoms with van der Waals surface area (Å²) in [5.74, 6) is -1.75. The van der Waals surface area contributed by atoms with Crippen LogP contribution in [0.2, 0.25) is 0 Å². The van der Waals surface area contributed by atoms with Crippen LogP contribution in [0.1, 0.15) is 39.7 Å². The molecule has 0 amide bonds. The molecule has 26 heavy (non-hydrogen) atoms. The van der Waals surface area contributed by atoms with Crippen LogP contribution in [-0.4, -0.2) is 29.9 Å². The summed E-state index contributed by atoms with van der Waals surface area (Å²) in [6.45, 7) is 6.25. The third kappa shape index (κ3) is 6.81. The summed E-state index contributed by atoms with van der Waals surface area (Å²) in [6.07, 6.45) is -2.89. The molecule has 0 aromatic heterocycles. The largest absolute Gasteiger partial charge is 0.516 e. The van der Waals surface area contributed by atoms with Crippen molar-refractivity contribution in [1.29, 1.82) is 0 Å². The first kappa shape index (κ1) is 21.6. The maximum absolute atomic E-state index is 12.4. The molecule has 144 valence electrons. The molecule has 0 aliphatic carbocycles. The van der Waals surface area contributed by atoms with Crippen molar-refractivity contribution >= 4 is 18.1 Å². The maximum Gasteiger partial charge on any atom is 0.516 e. The van der Waals surface area contributed by atoms with E-state index < -0.39 is 41.7 Å². The van der Waals surface area contributed by atoms with Crippen LogP contribution in [0, 0.1) is 5.41 Å². The van der Waals surface area contributed by atoms with Gasteiger partial charge in [0.25, 0.3) is 0 Å². The van der Waals surface area contributed by atoms with Crippen LogP contribution in [0.25, 0.3) is 0 Å². The van der Waals surface area contributed by atoms with E-state index in [0.717, 1.165) is 5.56 Å². The number of benzene rings is 1. The van der Waals surface area contributed by atoms with Gasteiger partial charge in [-0.2, -0.15) is 0 Å². The van der Waals surface area contributed by atoms with Crippen LogP contribution in [0.4, 0.5) is 4.79 Å². The molecular weight excluding hydrogens is 340 g/mol. The molecular formula is C18H26N2O6. The van der Waals surface area contributed by atoms with Crippen molar-refractivity contribution in [2.45, 2.75) is 52.5 Å². The second-order valence-electron chi connectivity index (χ2n) is 7.12. The number of carbonyl (C=O) groups is 3. The predicted octanol–water partition coefficient (Wildman–Crippen LogP) is 1.85. The number of rotatable bonds is 6. The lowest BCUT2D eigenvalue weighted by molar-refractivity contribution is -0.163. The molecule has 4 N–H and O–H groups in total. The minimum absolute atomic E-state index is 0.00307. The zero-order valence-corrected chi connectivity index (χ0v) is 15.5. The normalized spacial score (nSPS) is 13.7. The SMILES string of the molecule is CC(C)(C)OC(=O)OC(=O)CC(C)(C(=O)OCc1ccccc1)C(N)N. The fourth-order valence-electron chi connectivity index (χ4n) is 1.91. The summed E-state index contributed by atoms with van der Waals surface area (Å²) in [5.41, 5.74) is 9.74. The Labute approximate surface area is 152 Å². The molecule has 0 saturated carbocycles. The standard InChI is InChI=1S/C18H26N2O6/c1-17(2,3)26-16(23)25-13(21)10-18(4,14(19)20)15(22)24-11-12-8-6-5-7-9-12/h5-9,14H,10-11,19-20H2,1-4H3. The smallest absolute Gasteiger partial charge is 0.460 e. The number of hydrogen-bond acceptors (Lipinski definition) is 8. The molecule has 1 atom stereocenters. The Bertz CT molecular complexity index is 639. The summed E-state index contributed by atoms with van der Waals surface area (Å²) in [7, 11) is 0. The highest BCUT2D eigenvalue weighted by Crippen LogP contribution is 2.26. The van der Waals surface area contributed by atoms with E-state index in [4.69, 9.17) is 20.9 Å². The Morgan fingerprint density at radius 3 is 2.12 bits per heavy atom. The molecule has 8 nitrogen and oxygen atoms in total. The van der Waals surface area contributed by atoms with Crippen molar-refractivity contribution in [3.05, 3.63) is 35.9 Å². The Morgan fingerprint density at radius 2 is 1.62 bits per heavy atom. The van der Waals surface area contributed by atoms with Gasteiger partial charge in [-0.3, -0.25) is 9.59 Å². The molecule has 1 aromatic carbocycles. The molecule has 0 spiro atoms. The van der Waals surface area contributed by atoms with Crippen molar-refractivity contribution in [1.82, 2.24) is 0 Å². The predicted molar refractivity (Wildman–Crippen MR) is 93.5 cm³/mol. The first-order valence-electron chi connectivity index (χ1n) is 8.10. The highest BCUT2D eigenvalue weighted by molar-refractivity contribution is 5.88. The van der Waals surface area contributed by atoms with Crippen molar-refractivity contribution in [3.63, 3.8) is 0 Å². The Hall–Kier alpha value is -2.45. The summed E-state index contributed by atoms with van der Waals surface area (Å²) in [6, 6.07) is 9.00. The van der Waals surface area contributed by atoms with Gasteiger partial charge >= 0.3 is 18.1 Å². The van der Waals surface area contributed by atoms with Gasteiger partial charge in [0, 0.05) is 0 Å². The highest BCUT2D eigenvalue weighted by atomic mass is 16.7. The summed E-state index contributed by atoms with van der Waals surface area (Å²) < 4.78 is 14.7. The molecule has 0 radical (unpaired) electrons. The van der Waals surface area contributed by atoms with Crippen LogP contribution in [0.5, 0.6) is 0 Å². The number of ether oxygens (including phenoxy) is 3. The topological polar surface area (TPSA) is 131 Å². The van der Waals surface area contributed by atoms with Crippen LogP contribution < -0.4 is 11.5 Å². The monoisotopic (exact) mass is 366 g/mol. The lowest BCUT2D eigenvalue weighted by Gasteiger charge is -2.29. The zero-order valence-electron chi connectivity index (χ0n) is 15.5. The van der Waals surface area contributed by atoms with Gasteiger partial charge in [0.2, 0.25) is 0 Å². The van der Waals surface area contributed by atoms with Crippen molar-refractivity contribution in [2.24, 2.45) is 16.9 Å². The quantitative estimate of drug-likeness (QED) is 0.443. The van der Waals surface area contributed by atoms with Crippen molar-refractivity contribution in [2.75, 3.05) is 0 Å². The molecule has 8 heteroatoms. The summed E-state index contributed by atoms with van der Waals surface area (Å²) in [5, 5.41) is 0. The van der Waals surface area contributed by atoms with E-state index in [2.05, 4.69) is 4.74 Å². The van der Waals surface area contributed by atoms with Crippen LogP contribution in [0.15, 0.2) is 30.3 Å². The highest BCUT2D eigenvalue weighted by Gasteiger charge is 2.43. The zero-order chi connectivity index (χ0) is 20.0.